The summed E-state index contributed by atoms with van der Waals surface area (Å²) in [5.74, 6) is 0.299. The predicted molar refractivity (Wildman–Crippen MR) is 131 cm³/mol. The van der Waals surface area contributed by atoms with Gasteiger partial charge in [0, 0.05) is 31.8 Å². The molecule has 0 atom stereocenters. The Kier molecular flexibility index (Phi) is 6.35. The summed E-state index contributed by atoms with van der Waals surface area (Å²) < 4.78 is 7.95. The standard InChI is InChI=1S/C25H20BrClN2O3/c1-15-21(14-24(30)28-19-9-5-17(26)6-10-19)22-13-20(32-2)11-12-23(22)29(15)25(31)16-3-7-18(27)8-4-16/h3-13H,14H2,1-2H3,(H,28,30). The van der Waals surface area contributed by atoms with Gasteiger partial charge in [0.2, 0.25) is 5.91 Å². The zero-order chi connectivity index (χ0) is 22.8. The van der Waals surface area contributed by atoms with Crippen molar-refractivity contribution in [3.8, 4) is 5.75 Å². The van der Waals surface area contributed by atoms with Crippen LogP contribution in [0.25, 0.3) is 10.9 Å². The van der Waals surface area contributed by atoms with Gasteiger partial charge in [0.25, 0.3) is 5.91 Å². The number of fused-ring (bicyclic) bond motifs is 1. The van der Waals surface area contributed by atoms with Crippen molar-refractivity contribution in [2.75, 3.05) is 12.4 Å². The monoisotopic (exact) mass is 510 g/mol. The van der Waals surface area contributed by atoms with Crippen LogP contribution in [0.4, 0.5) is 5.69 Å². The van der Waals surface area contributed by atoms with E-state index >= 15 is 0 Å². The van der Waals surface area contributed by atoms with Crippen LogP contribution in [0, 0.1) is 6.92 Å². The fourth-order valence-corrected chi connectivity index (χ4v) is 4.09. The van der Waals surface area contributed by atoms with Crippen molar-refractivity contribution in [1.29, 1.82) is 0 Å². The van der Waals surface area contributed by atoms with Gasteiger partial charge in [0.05, 0.1) is 19.0 Å². The van der Waals surface area contributed by atoms with Gasteiger partial charge in [-0.25, -0.2) is 0 Å². The van der Waals surface area contributed by atoms with E-state index in [4.69, 9.17) is 16.3 Å². The molecular weight excluding hydrogens is 492 g/mol. The maximum Gasteiger partial charge on any atom is 0.262 e. The Balaban J connectivity index is 1.75. The van der Waals surface area contributed by atoms with E-state index < -0.39 is 0 Å². The highest BCUT2D eigenvalue weighted by atomic mass is 79.9. The van der Waals surface area contributed by atoms with E-state index in [-0.39, 0.29) is 18.2 Å². The van der Waals surface area contributed by atoms with Crippen molar-refractivity contribution < 1.29 is 14.3 Å². The van der Waals surface area contributed by atoms with Gasteiger partial charge in [-0.1, -0.05) is 27.5 Å². The Bertz CT molecular complexity index is 1310. The molecule has 0 saturated heterocycles. The summed E-state index contributed by atoms with van der Waals surface area (Å²) in [7, 11) is 1.59. The molecule has 0 spiro atoms. The number of rotatable bonds is 5. The average molecular weight is 512 g/mol. The van der Waals surface area contributed by atoms with E-state index in [0.717, 1.165) is 20.9 Å². The third kappa shape index (κ3) is 4.42. The maximum absolute atomic E-state index is 13.4. The van der Waals surface area contributed by atoms with E-state index in [9.17, 15) is 9.59 Å². The highest BCUT2D eigenvalue weighted by Crippen LogP contribution is 2.31. The first-order valence-electron chi connectivity index (χ1n) is 9.91. The maximum atomic E-state index is 13.4. The molecule has 0 bridgehead atoms. The van der Waals surface area contributed by atoms with Gasteiger partial charge in [-0.3, -0.25) is 14.2 Å². The Hall–Kier alpha value is -3.09. The molecule has 7 heteroatoms. The number of nitrogens with zero attached hydrogens (tertiary/aromatic N) is 1. The first kappa shape index (κ1) is 22.1. The largest absolute Gasteiger partial charge is 0.497 e. The Morgan fingerprint density at radius 1 is 1.03 bits per heavy atom. The second-order valence-electron chi connectivity index (χ2n) is 7.33. The highest BCUT2D eigenvalue weighted by Gasteiger charge is 2.22. The molecule has 1 heterocycles. The zero-order valence-electron chi connectivity index (χ0n) is 17.5. The summed E-state index contributed by atoms with van der Waals surface area (Å²) in [6.45, 7) is 1.85. The average Bonchev–Trinajstić information content (AvgIpc) is 3.06. The molecule has 1 N–H and O–H groups in total. The number of hydrogen-bond acceptors (Lipinski definition) is 3. The molecule has 4 aromatic rings. The molecule has 0 fully saturated rings. The lowest BCUT2D eigenvalue weighted by molar-refractivity contribution is -0.115. The number of carbonyl (C=O) groups excluding carboxylic acids is 2. The quantitative estimate of drug-likeness (QED) is 0.345. The summed E-state index contributed by atoms with van der Waals surface area (Å²) >= 11 is 9.37. The number of anilines is 1. The number of aromatic nitrogens is 1. The van der Waals surface area contributed by atoms with Crippen molar-refractivity contribution >= 4 is 55.9 Å². The molecule has 0 aliphatic carbocycles. The van der Waals surface area contributed by atoms with Crippen LogP contribution < -0.4 is 10.1 Å². The second-order valence-corrected chi connectivity index (χ2v) is 8.68. The van der Waals surface area contributed by atoms with Crippen LogP contribution in [0.1, 0.15) is 21.6 Å². The van der Waals surface area contributed by atoms with E-state index in [1.807, 2.05) is 43.3 Å². The molecular formula is C25H20BrClN2O3. The van der Waals surface area contributed by atoms with E-state index in [0.29, 0.717) is 27.7 Å². The van der Waals surface area contributed by atoms with Gasteiger partial charge in [0.15, 0.2) is 0 Å². The molecule has 0 radical (unpaired) electrons. The van der Waals surface area contributed by atoms with E-state index in [1.165, 1.54) is 0 Å². The number of benzene rings is 3. The van der Waals surface area contributed by atoms with Crippen LogP contribution >= 0.6 is 27.5 Å². The van der Waals surface area contributed by atoms with Gasteiger partial charge < -0.3 is 10.1 Å². The number of methoxy groups -OCH3 is 1. The minimum absolute atomic E-state index is 0.118. The van der Waals surface area contributed by atoms with Gasteiger partial charge in [-0.05, 0) is 79.2 Å². The first-order chi connectivity index (χ1) is 15.4. The fraction of sp³-hybridized carbons (Fsp3) is 0.120. The van der Waals surface area contributed by atoms with E-state index in [1.54, 1.807) is 42.0 Å². The van der Waals surface area contributed by atoms with Crippen LogP contribution in [0.5, 0.6) is 5.75 Å². The molecule has 3 aromatic carbocycles. The molecule has 0 aliphatic heterocycles. The van der Waals surface area contributed by atoms with Crippen molar-refractivity contribution in [2.45, 2.75) is 13.3 Å². The van der Waals surface area contributed by atoms with E-state index in [2.05, 4.69) is 21.2 Å². The van der Waals surface area contributed by atoms with Crippen LogP contribution in [0.15, 0.2) is 71.2 Å². The molecule has 0 saturated carbocycles. The third-order valence-electron chi connectivity index (χ3n) is 5.30. The number of nitrogens with one attached hydrogen (secondary N) is 1. The van der Waals surface area contributed by atoms with Crippen molar-refractivity contribution in [1.82, 2.24) is 4.57 Å². The molecule has 4 rings (SSSR count). The normalized spacial score (nSPS) is 10.9. The molecule has 5 nitrogen and oxygen atoms in total. The van der Waals surface area contributed by atoms with Crippen LogP contribution in [0.2, 0.25) is 5.02 Å². The van der Waals surface area contributed by atoms with Crippen molar-refractivity contribution in [3.63, 3.8) is 0 Å². The lowest BCUT2D eigenvalue weighted by Crippen LogP contribution is -2.16. The summed E-state index contributed by atoms with van der Waals surface area (Å²) in [4.78, 5) is 26.2. The fourth-order valence-electron chi connectivity index (χ4n) is 3.69. The first-order valence-corrected chi connectivity index (χ1v) is 11.1. The molecule has 1 amide bonds. The SMILES string of the molecule is COc1ccc2c(c1)c(CC(=O)Nc1ccc(Br)cc1)c(C)n2C(=O)c1ccc(Cl)cc1. The van der Waals surface area contributed by atoms with Crippen LogP contribution in [-0.2, 0) is 11.2 Å². The number of halogens is 2. The summed E-state index contributed by atoms with van der Waals surface area (Å²) in [6, 6.07) is 19.6. The summed E-state index contributed by atoms with van der Waals surface area (Å²) in [6.07, 6.45) is 0.118. The Morgan fingerprint density at radius 2 is 1.72 bits per heavy atom. The van der Waals surface area contributed by atoms with Gasteiger partial charge in [0.1, 0.15) is 5.75 Å². The minimum atomic E-state index is -0.186. The lowest BCUT2D eigenvalue weighted by Gasteiger charge is -2.08. The van der Waals surface area contributed by atoms with Gasteiger partial charge in [-0.2, -0.15) is 0 Å². The number of ether oxygens (including phenoxy) is 1. The minimum Gasteiger partial charge on any atom is -0.497 e. The topological polar surface area (TPSA) is 60.3 Å². The number of amides is 1. The zero-order valence-corrected chi connectivity index (χ0v) is 19.8. The van der Waals surface area contributed by atoms with Crippen molar-refractivity contribution in [3.05, 3.63) is 93.0 Å². The molecule has 32 heavy (non-hydrogen) atoms. The summed E-state index contributed by atoms with van der Waals surface area (Å²) in [5.41, 5.74) is 3.41. The third-order valence-corrected chi connectivity index (χ3v) is 6.08. The molecule has 1 aromatic heterocycles. The smallest absolute Gasteiger partial charge is 0.262 e. The molecule has 0 aliphatic rings. The van der Waals surface area contributed by atoms with Gasteiger partial charge in [-0.15, -0.1) is 0 Å². The lowest BCUT2D eigenvalue weighted by atomic mass is 10.1. The second kappa shape index (κ2) is 9.18. The van der Waals surface area contributed by atoms with Crippen molar-refractivity contribution in [2.24, 2.45) is 0 Å². The molecule has 0 unspecified atom stereocenters. The predicted octanol–water partition coefficient (Wildman–Crippen LogP) is 6.24. The summed E-state index contributed by atoms with van der Waals surface area (Å²) in [5, 5.41) is 4.28. The number of hydrogen-bond donors (Lipinski definition) is 1. The molecule has 162 valence electrons. The Morgan fingerprint density at radius 3 is 2.38 bits per heavy atom. The number of carbonyl (C=O) groups is 2. The Labute approximate surface area is 199 Å². The van der Waals surface area contributed by atoms with Gasteiger partial charge >= 0.3 is 0 Å². The van der Waals surface area contributed by atoms with Crippen LogP contribution in [0.3, 0.4) is 0 Å². The highest BCUT2D eigenvalue weighted by molar-refractivity contribution is 9.10. The van der Waals surface area contributed by atoms with Crippen LogP contribution in [-0.4, -0.2) is 23.5 Å².